The standard InChI is InChI=1S/2C18H15P.2C6H15O3P.2C5H5.4CH2O2.4H2O.2Ru.2Sn/c2*1-4-10-16(11-5-1)19(17-12-6-2-7-13-17)18-14-8-3-9-15-18;2*1-4-7-10(8-5-2)9-6-3;2*1-2-4-5-3-1;4*2-1-3;;;;;;;;/h2*1-15H;2*4-6H2,1-3H3;2*1-5H;4*1H,(H,2,3);4*1H2;;;;/q;;;;2*-1;;;;;;;;;4*+2/p-6. The average Bonchev–Trinajstić information content (AvgIpc) is 4.37. The third-order valence-electron chi connectivity index (χ3n) is 8.60. The Bertz CT molecular complexity index is 2050. The Morgan fingerprint density at radius 1 is 0.307 bits per heavy atom. The molecule has 0 aliphatic carbocycles. The number of hydrogen-bond acceptors (Lipinski definition) is 16. The third-order valence-corrected chi connectivity index (χ3v) is 16.3. The minimum absolute atomic E-state index is 0. The quantitative estimate of drug-likeness (QED) is 0.0470. The SMILES string of the molecule is CCOP(OCC)OCC.CCOP(OCC)OCC.O.O.O=C[O-].O=C[O-].O=C[O-].O=C[O-].[OH-].[OH-].[Ru+2].[Ru+2].[Sn+2].[Sn+2].c1cc[cH-]c1.c1cc[cH-]c1.c1ccc(P(c2ccccc2)c2ccccc2)cc1.c1ccc(P(c2ccccc2)c2ccccc2)cc1. The van der Waals surface area contributed by atoms with Crippen LogP contribution in [0.3, 0.4) is 0 Å². The van der Waals surface area contributed by atoms with Crippen LogP contribution in [0.4, 0.5) is 0 Å². The fraction of sp³-hybridized carbons (Fsp3) is 0.194. The van der Waals surface area contributed by atoms with Gasteiger partial charge in [-0.05, 0) is 89.2 Å². The Labute approximate surface area is 585 Å². The molecule has 0 atom stereocenters. The summed E-state index contributed by atoms with van der Waals surface area (Å²) in [7, 11) is -3.01. The second-order valence-corrected chi connectivity index (χ2v) is 20.8. The van der Waals surface area contributed by atoms with Crippen molar-refractivity contribution < 1.29 is 128 Å². The monoisotopic (exact) mass is 1680 g/mol. The van der Waals surface area contributed by atoms with Gasteiger partial charge in [0.25, 0.3) is 0 Å². The Morgan fingerprint density at radius 2 is 0.432 bits per heavy atom. The van der Waals surface area contributed by atoms with Crippen molar-refractivity contribution >= 4 is 139 Å². The first-order chi connectivity index (χ1) is 39.2. The summed E-state index contributed by atoms with van der Waals surface area (Å²) in [6.45, 7) is 13.4. The normalized spacial score (nSPS) is 8.48. The third kappa shape index (κ3) is 58.4. The average molecular weight is 1680 g/mol. The van der Waals surface area contributed by atoms with Crippen LogP contribution in [0, 0.1) is 0 Å². The van der Waals surface area contributed by atoms with E-state index in [0.717, 1.165) is 0 Å². The van der Waals surface area contributed by atoms with E-state index in [4.69, 9.17) is 66.7 Å². The summed E-state index contributed by atoms with van der Waals surface area (Å²) in [5.41, 5.74) is 0. The van der Waals surface area contributed by atoms with Crippen LogP contribution in [0.15, 0.2) is 243 Å². The van der Waals surface area contributed by atoms with Crippen molar-refractivity contribution in [3.8, 4) is 0 Å². The predicted octanol–water partition coefficient (Wildman–Crippen LogP) is 5.04. The molecule has 6 N–H and O–H groups in total. The number of rotatable bonds is 18. The maximum Gasteiger partial charge on any atom is 2.00 e. The van der Waals surface area contributed by atoms with Crippen molar-refractivity contribution in [2.75, 3.05) is 39.6 Å². The second-order valence-electron chi connectivity index (χ2n) is 13.9. The molecule has 0 saturated carbocycles. The molecular weight excluding hydrogens is 1600 g/mol. The van der Waals surface area contributed by atoms with Crippen LogP contribution in [0.5, 0.6) is 0 Å². The van der Waals surface area contributed by atoms with Crippen LogP contribution in [-0.4, -0.2) is 135 Å². The van der Waals surface area contributed by atoms with Gasteiger partial charge in [-0.1, -0.05) is 182 Å². The van der Waals surface area contributed by atoms with Gasteiger partial charge in [0, 0.05) is 25.9 Å². The molecule has 26 heteroatoms. The van der Waals surface area contributed by atoms with Gasteiger partial charge in [-0.2, -0.15) is 36.4 Å². The Morgan fingerprint density at radius 3 is 0.523 bits per heavy atom. The van der Waals surface area contributed by atoms with Crippen molar-refractivity contribution in [3.63, 3.8) is 0 Å². The van der Waals surface area contributed by atoms with Gasteiger partial charge in [-0.3, -0.25) is 0 Å². The van der Waals surface area contributed by atoms with Crippen LogP contribution in [0.25, 0.3) is 0 Å². The van der Waals surface area contributed by atoms with E-state index in [1.54, 1.807) is 0 Å². The van der Waals surface area contributed by atoms with Crippen molar-refractivity contribution in [2.45, 2.75) is 41.5 Å². The van der Waals surface area contributed by atoms with Crippen LogP contribution in [-0.2, 0) is 85.3 Å². The maximum absolute atomic E-state index is 8.25. The van der Waals surface area contributed by atoms with Crippen molar-refractivity contribution in [2.24, 2.45) is 0 Å². The smallest absolute Gasteiger partial charge is 0.870 e. The molecule has 0 aliphatic rings. The molecule has 0 aliphatic heterocycles. The van der Waals surface area contributed by atoms with E-state index in [9.17, 15) is 0 Å². The molecular formula is C62H80O18P4Ru2Sn2. The van der Waals surface area contributed by atoms with E-state index < -0.39 is 58.9 Å². The van der Waals surface area contributed by atoms with Gasteiger partial charge >= 0.3 is 104 Å². The molecule has 4 radical (unpaired) electrons. The van der Waals surface area contributed by atoms with Gasteiger partial charge < -0.3 is 88.7 Å². The van der Waals surface area contributed by atoms with E-state index in [0.29, 0.717) is 39.6 Å². The van der Waals surface area contributed by atoms with E-state index in [1.165, 1.54) is 31.8 Å². The van der Waals surface area contributed by atoms with Crippen LogP contribution in [0.2, 0.25) is 0 Å². The molecule has 8 aromatic carbocycles. The molecule has 0 heterocycles. The first kappa shape index (κ1) is 106. The molecule has 8 rings (SSSR count). The molecule has 18 nitrogen and oxygen atoms in total. The van der Waals surface area contributed by atoms with Crippen molar-refractivity contribution in [1.29, 1.82) is 0 Å². The van der Waals surface area contributed by atoms with E-state index >= 15 is 0 Å². The number of hydrogen-bond donors (Lipinski definition) is 0. The summed E-state index contributed by atoms with van der Waals surface area (Å²) in [5.74, 6) is 0. The molecule has 0 fully saturated rings. The summed E-state index contributed by atoms with van der Waals surface area (Å²) >= 11 is 0. The predicted molar refractivity (Wildman–Crippen MR) is 345 cm³/mol. The van der Waals surface area contributed by atoms with Gasteiger partial charge in [0.1, 0.15) is 0 Å². The van der Waals surface area contributed by atoms with Gasteiger partial charge in [-0.25, -0.2) is 24.3 Å². The van der Waals surface area contributed by atoms with E-state index in [2.05, 4.69) is 182 Å². The summed E-state index contributed by atoms with van der Waals surface area (Å²) in [4.78, 5) is 33.0. The molecule has 480 valence electrons. The molecule has 0 spiro atoms. The zero-order chi connectivity index (χ0) is 59.4. The fourth-order valence-corrected chi connectivity index (χ4v) is 12.2. The first-order valence-corrected chi connectivity index (χ1v) is 30.0. The zero-order valence-electron chi connectivity index (χ0n) is 49.8. The zero-order valence-corrected chi connectivity index (χ0v) is 62.5. The topological polar surface area (TPSA) is 339 Å². The number of benzene rings is 6. The molecule has 0 aromatic heterocycles. The van der Waals surface area contributed by atoms with Crippen LogP contribution >= 0.6 is 33.0 Å². The van der Waals surface area contributed by atoms with Crippen LogP contribution < -0.4 is 52.3 Å². The van der Waals surface area contributed by atoms with Crippen molar-refractivity contribution in [3.05, 3.63) is 243 Å². The molecule has 0 amide bonds. The minimum atomic E-state index is -1.06. The van der Waals surface area contributed by atoms with Gasteiger partial charge in [0.2, 0.25) is 0 Å². The summed E-state index contributed by atoms with van der Waals surface area (Å²) in [6, 6.07) is 84.7. The molecule has 8 aromatic rings. The Kier molecular flexibility index (Phi) is 99.8. The number of carbonyl (C=O) groups is 4. The second kappa shape index (κ2) is 83.1. The molecule has 0 bridgehead atoms. The molecule has 88 heavy (non-hydrogen) atoms. The minimum Gasteiger partial charge on any atom is -0.870 e. The number of carbonyl (C=O) groups excluding carboxylic acids is 4. The summed E-state index contributed by atoms with van der Waals surface area (Å²) in [5, 5.41) is 41.4. The van der Waals surface area contributed by atoms with Gasteiger partial charge in [0.05, 0.1) is 39.6 Å². The largest absolute Gasteiger partial charge is 2.00 e. The van der Waals surface area contributed by atoms with Gasteiger partial charge in [0.15, 0.2) is 0 Å². The van der Waals surface area contributed by atoms with Crippen LogP contribution in [0.1, 0.15) is 41.5 Å². The fourth-order valence-electron chi connectivity index (χ4n) is 5.85. The van der Waals surface area contributed by atoms with E-state index in [-0.39, 0.29) is 109 Å². The Hall–Kier alpha value is -3.94. The summed E-state index contributed by atoms with van der Waals surface area (Å²) < 4.78 is 30.9. The maximum atomic E-state index is 8.25. The molecule has 0 unspecified atom stereocenters. The molecule has 0 saturated heterocycles. The van der Waals surface area contributed by atoms with Crippen molar-refractivity contribution in [1.82, 2.24) is 0 Å². The summed E-state index contributed by atoms with van der Waals surface area (Å²) in [6.07, 6.45) is 0. The first-order valence-electron chi connectivity index (χ1n) is 25.1. The van der Waals surface area contributed by atoms with Gasteiger partial charge in [-0.15, -0.1) is 0 Å². The Balaban J connectivity index is -0.000000103. The van der Waals surface area contributed by atoms with E-state index in [1.807, 2.05) is 102 Å². The number of carboxylic acid groups (broad SMARTS) is 4.